The molecule has 4 aromatic rings. The van der Waals surface area contributed by atoms with E-state index in [1.165, 1.54) is 18.7 Å². The fourth-order valence-corrected chi connectivity index (χ4v) is 5.51. The number of carbonyl (C=O) groups is 2. The number of H-pyrrole nitrogens is 1. The third kappa shape index (κ3) is 6.54. The van der Waals surface area contributed by atoms with Gasteiger partial charge in [-0.1, -0.05) is 24.8 Å². The molecule has 3 heterocycles. The number of esters is 1. The molecule has 0 unspecified atom stereocenters. The van der Waals surface area contributed by atoms with Gasteiger partial charge in [-0.3, -0.25) is 4.79 Å². The first-order chi connectivity index (χ1) is 20.6. The lowest BCUT2D eigenvalue weighted by Crippen LogP contribution is -2.37. The van der Waals surface area contributed by atoms with Gasteiger partial charge in [0.25, 0.3) is 0 Å². The number of ether oxygens (including phenoxy) is 1. The normalized spacial score (nSPS) is 15.1. The lowest BCUT2D eigenvalue weighted by molar-refractivity contribution is -0.111. The number of anilines is 4. The highest BCUT2D eigenvalue weighted by molar-refractivity contribution is 6.03. The van der Waals surface area contributed by atoms with Gasteiger partial charge in [-0.15, -0.1) is 0 Å². The highest BCUT2D eigenvalue weighted by Crippen LogP contribution is 2.35. The number of para-hydroxylation sites is 1. The van der Waals surface area contributed by atoms with E-state index < -0.39 is 5.97 Å². The van der Waals surface area contributed by atoms with E-state index in [2.05, 4.69) is 44.0 Å². The van der Waals surface area contributed by atoms with Gasteiger partial charge in [-0.25, -0.2) is 14.8 Å². The van der Waals surface area contributed by atoms with Crippen LogP contribution in [0.5, 0.6) is 0 Å². The molecule has 224 valence electrons. The van der Waals surface area contributed by atoms with Gasteiger partial charge in [0, 0.05) is 54.2 Å². The van der Waals surface area contributed by atoms with Crippen LogP contribution >= 0.6 is 0 Å². The molecule has 0 aliphatic carbocycles. The monoisotopic (exact) mass is 581 g/mol. The molecule has 0 bridgehead atoms. The zero-order chi connectivity index (χ0) is 30.7. The molecule has 10 nitrogen and oxygen atoms in total. The first kappa shape index (κ1) is 29.8. The number of hydrogen-bond donors (Lipinski definition) is 3. The van der Waals surface area contributed by atoms with Gasteiger partial charge in [-0.05, 0) is 77.0 Å². The Bertz CT molecular complexity index is 1660. The van der Waals surface area contributed by atoms with E-state index in [1.807, 2.05) is 56.6 Å². The van der Waals surface area contributed by atoms with Crippen LogP contribution in [0.15, 0.2) is 61.4 Å². The molecule has 2 aromatic carbocycles. The maximum absolute atomic E-state index is 13.1. The summed E-state index contributed by atoms with van der Waals surface area (Å²) in [5.74, 6) is -0.486. The van der Waals surface area contributed by atoms with Crippen LogP contribution in [-0.2, 0) is 9.53 Å². The second-order valence-electron chi connectivity index (χ2n) is 11.3. The third-order valence-electron chi connectivity index (χ3n) is 7.80. The van der Waals surface area contributed by atoms with Gasteiger partial charge in [0.05, 0.1) is 23.2 Å². The SMILES string of the molecule is C=CC(=O)Nc1cc(Nc2ncc(C(=O)OC(C)C)c(-c3c[nH]c4ccccc34)n2)c(C)cc1N(C)C[C@H]1CCCN1C. The molecular formula is C33H39N7O3. The molecule has 0 saturated carbocycles. The Morgan fingerprint density at radius 2 is 2.05 bits per heavy atom. The fourth-order valence-electron chi connectivity index (χ4n) is 5.51. The van der Waals surface area contributed by atoms with Crippen molar-refractivity contribution in [3.8, 4) is 11.3 Å². The minimum absolute atomic E-state index is 0.272. The summed E-state index contributed by atoms with van der Waals surface area (Å²) in [4.78, 5) is 42.6. The molecule has 3 N–H and O–H groups in total. The van der Waals surface area contributed by atoms with Gasteiger partial charge in [-0.2, -0.15) is 0 Å². The summed E-state index contributed by atoms with van der Waals surface area (Å²) in [5, 5.41) is 7.21. The van der Waals surface area contributed by atoms with Gasteiger partial charge >= 0.3 is 5.97 Å². The molecule has 1 aliphatic rings. The van der Waals surface area contributed by atoms with Crippen LogP contribution < -0.4 is 15.5 Å². The number of nitrogens with zero attached hydrogens (tertiary/aromatic N) is 4. The molecular weight excluding hydrogens is 542 g/mol. The zero-order valence-corrected chi connectivity index (χ0v) is 25.4. The Balaban J connectivity index is 1.52. The Kier molecular flexibility index (Phi) is 8.77. The van der Waals surface area contributed by atoms with Crippen molar-refractivity contribution < 1.29 is 14.3 Å². The Morgan fingerprint density at radius 3 is 2.77 bits per heavy atom. The number of aromatic amines is 1. The van der Waals surface area contributed by atoms with Crippen LogP contribution in [0, 0.1) is 6.92 Å². The quantitative estimate of drug-likeness (QED) is 0.157. The van der Waals surface area contributed by atoms with Crippen LogP contribution in [0.25, 0.3) is 22.2 Å². The maximum atomic E-state index is 13.1. The van der Waals surface area contributed by atoms with Crippen LogP contribution in [0.2, 0.25) is 0 Å². The van der Waals surface area contributed by atoms with Crippen LogP contribution in [0.3, 0.4) is 0 Å². The number of likely N-dealkylation sites (N-methyl/N-ethyl adjacent to an activating group) is 2. The van der Waals surface area contributed by atoms with E-state index in [4.69, 9.17) is 9.72 Å². The summed E-state index contributed by atoms with van der Waals surface area (Å²) in [7, 11) is 4.20. The summed E-state index contributed by atoms with van der Waals surface area (Å²) in [5.41, 5.74) is 5.64. The topological polar surface area (TPSA) is 115 Å². The van der Waals surface area contributed by atoms with Gasteiger partial charge < -0.3 is 30.2 Å². The zero-order valence-electron chi connectivity index (χ0n) is 25.4. The van der Waals surface area contributed by atoms with Crippen LogP contribution in [0.1, 0.15) is 42.6 Å². The number of aryl methyl sites for hydroxylation is 1. The van der Waals surface area contributed by atoms with Gasteiger partial charge in [0.1, 0.15) is 5.56 Å². The summed E-state index contributed by atoms with van der Waals surface area (Å²) in [6.45, 7) is 11.2. The number of carbonyl (C=O) groups excluding carboxylic acids is 2. The summed E-state index contributed by atoms with van der Waals surface area (Å²) < 4.78 is 5.51. The second-order valence-corrected chi connectivity index (χ2v) is 11.3. The van der Waals surface area contributed by atoms with Crippen molar-refractivity contribution in [3.05, 3.63) is 72.6 Å². The minimum Gasteiger partial charge on any atom is -0.459 e. The Hall–Kier alpha value is -4.70. The van der Waals surface area contributed by atoms with Gasteiger partial charge in [0.15, 0.2) is 0 Å². The van der Waals surface area contributed by atoms with Crippen molar-refractivity contribution in [1.82, 2.24) is 19.9 Å². The van der Waals surface area contributed by atoms with Gasteiger partial charge in [0.2, 0.25) is 11.9 Å². The minimum atomic E-state index is -0.493. The molecule has 0 spiro atoms. The Morgan fingerprint density at radius 1 is 1.26 bits per heavy atom. The van der Waals surface area contributed by atoms with E-state index in [-0.39, 0.29) is 17.6 Å². The highest BCUT2D eigenvalue weighted by atomic mass is 16.5. The van der Waals surface area contributed by atoms with E-state index in [9.17, 15) is 9.59 Å². The number of benzene rings is 2. The third-order valence-corrected chi connectivity index (χ3v) is 7.80. The van der Waals surface area contributed by atoms with Crippen molar-refractivity contribution in [2.45, 2.75) is 45.8 Å². The average Bonchev–Trinajstić information content (AvgIpc) is 3.59. The van der Waals surface area contributed by atoms with E-state index in [0.29, 0.717) is 23.4 Å². The van der Waals surface area contributed by atoms with Crippen LogP contribution in [-0.4, -0.2) is 71.1 Å². The largest absolute Gasteiger partial charge is 0.459 e. The predicted molar refractivity (Wildman–Crippen MR) is 172 cm³/mol. The summed E-state index contributed by atoms with van der Waals surface area (Å²) >= 11 is 0. The molecule has 10 heteroatoms. The highest BCUT2D eigenvalue weighted by Gasteiger charge is 2.25. The molecule has 1 saturated heterocycles. The molecule has 43 heavy (non-hydrogen) atoms. The van der Waals surface area contributed by atoms with Crippen molar-refractivity contribution in [1.29, 1.82) is 0 Å². The second kappa shape index (κ2) is 12.7. The number of likely N-dealkylation sites (tertiary alicyclic amines) is 1. The predicted octanol–water partition coefficient (Wildman–Crippen LogP) is 5.90. The van der Waals surface area contributed by atoms with Crippen molar-refractivity contribution in [2.75, 3.05) is 42.7 Å². The number of fused-ring (bicyclic) bond motifs is 1. The summed E-state index contributed by atoms with van der Waals surface area (Å²) in [6, 6.07) is 12.2. The molecule has 1 aliphatic heterocycles. The number of nitrogens with one attached hydrogen (secondary N) is 3. The molecule has 1 atom stereocenters. The Labute approximate surface area is 252 Å². The van der Waals surface area contributed by atoms with Crippen molar-refractivity contribution >= 4 is 45.8 Å². The molecule has 1 amide bonds. The average molecular weight is 582 g/mol. The smallest absolute Gasteiger partial charge is 0.342 e. The first-order valence-corrected chi connectivity index (χ1v) is 14.6. The summed E-state index contributed by atoms with van der Waals surface area (Å²) in [6.07, 6.45) is 6.62. The lowest BCUT2D eigenvalue weighted by Gasteiger charge is -2.29. The van der Waals surface area contributed by atoms with Crippen molar-refractivity contribution in [3.63, 3.8) is 0 Å². The maximum Gasteiger partial charge on any atom is 0.342 e. The lowest BCUT2D eigenvalue weighted by atomic mass is 10.1. The molecule has 0 radical (unpaired) electrons. The first-order valence-electron chi connectivity index (χ1n) is 14.6. The number of amides is 1. The van der Waals surface area contributed by atoms with Crippen LogP contribution in [0.4, 0.5) is 23.0 Å². The molecule has 5 rings (SSSR count). The number of hydrogen-bond acceptors (Lipinski definition) is 8. The molecule has 1 fully saturated rings. The van der Waals surface area contributed by atoms with Crippen molar-refractivity contribution in [2.24, 2.45) is 0 Å². The standard InChI is InChI=1S/C33H39N7O3/c1-7-30(41)36-28-16-27(21(4)15-29(28)40(6)19-22-11-10-14-39(22)5)37-33-35-18-25(32(42)43-20(2)3)31(38-33)24-17-34-26-13-9-8-12-23(24)26/h7-9,12-13,15-18,20,22,34H,1,10-11,14,19H2,2-6H3,(H,36,41)(H,35,37,38)/t22-/m1/s1. The van der Waals surface area contributed by atoms with E-state index >= 15 is 0 Å². The van der Waals surface area contributed by atoms with E-state index in [0.717, 1.165) is 52.9 Å². The fraction of sp³-hybridized carbons (Fsp3) is 0.333. The molecule has 2 aromatic heterocycles. The number of aromatic nitrogens is 3. The van der Waals surface area contributed by atoms with E-state index in [1.54, 1.807) is 13.8 Å². The number of rotatable bonds is 10.